The molecule has 1 fully saturated rings. The standard InChI is InChI=1S/C13H21NO2S/c1-3-16-13(5-7-15-8-6-13)12(14)11-10(2)4-9-17-11/h4,9,12H,3,5-8,14H2,1-2H3. The lowest BCUT2D eigenvalue weighted by atomic mass is 9.84. The van der Waals surface area contributed by atoms with Crippen molar-refractivity contribution in [1.82, 2.24) is 0 Å². The molecule has 4 heteroatoms. The summed E-state index contributed by atoms with van der Waals surface area (Å²) in [5.41, 5.74) is 7.50. The maximum Gasteiger partial charge on any atom is 0.0925 e. The van der Waals surface area contributed by atoms with Crippen LogP contribution in [0.1, 0.15) is 36.2 Å². The zero-order valence-corrected chi connectivity index (χ0v) is 11.4. The fourth-order valence-electron chi connectivity index (χ4n) is 2.49. The molecule has 2 rings (SSSR count). The van der Waals surface area contributed by atoms with Gasteiger partial charge in [-0.25, -0.2) is 0 Å². The molecule has 0 amide bonds. The van der Waals surface area contributed by atoms with Gasteiger partial charge in [0, 0.05) is 37.5 Å². The predicted molar refractivity (Wildman–Crippen MR) is 70.4 cm³/mol. The average molecular weight is 255 g/mol. The largest absolute Gasteiger partial charge is 0.381 e. The molecule has 0 saturated carbocycles. The number of ether oxygens (including phenoxy) is 2. The van der Waals surface area contributed by atoms with E-state index in [9.17, 15) is 0 Å². The van der Waals surface area contributed by atoms with Crippen molar-refractivity contribution in [1.29, 1.82) is 0 Å². The van der Waals surface area contributed by atoms with Crippen LogP contribution in [0.15, 0.2) is 11.4 Å². The van der Waals surface area contributed by atoms with E-state index in [1.165, 1.54) is 10.4 Å². The molecular weight excluding hydrogens is 234 g/mol. The molecule has 1 saturated heterocycles. The Labute approximate surface area is 107 Å². The van der Waals surface area contributed by atoms with Crippen molar-refractivity contribution in [2.24, 2.45) is 5.73 Å². The molecule has 0 aliphatic carbocycles. The molecule has 0 spiro atoms. The summed E-state index contributed by atoms with van der Waals surface area (Å²) in [5.74, 6) is 0. The van der Waals surface area contributed by atoms with Crippen molar-refractivity contribution < 1.29 is 9.47 Å². The van der Waals surface area contributed by atoms with Gasteiger partial charge in [0.2, 0.25) is 0 Å². The third-order valence-electron chi connectivity index (χ3n) is 3.52. The Morgan fingerprint density at radius 1 is 1.53 bits per heavy atom. The first-order valence-corrected chi connectivity index (χ1v) is 7.09. The minimum Gasteiger partial charge on any atom is -0.381 e. The smallest absolute Gasteiger partial charge is 0.0925 e. The van der Waals surface area contributed by atoms with Gasteiger partial charge in [-0.15, -0.1) is 11.3 Å². The number of rotatable bonds is 4. The summed E-state index contributed by atoms with van der Waals surface area (Å²) >= 11 is 1.73. The van der Waals surface area contributed by atoms with Gasteiger partial charge in [-0.3, -0.25) is 0 Å². The third kappa shape index (κ3) is 2.55. The van der Waals surface area contributed by atoms with Gasteiger partial charge >= 0.3 is 0 Å². The van der Waals surface area contributed by atoms with E-state index in [2.05, 4.69) is 18.4 Å². The molecule has 2 N–H and O–H groups in total. The first-order valence-electron chi connectivity index (χ1n) is 6.21. The lowest BCUT2D eigenvalue weighted by Crippen LogP contribution is -2.48. The number of thiophene rings is 1. The van der Waals surface area contributed by atoms with Crippen LogP contribution in [0.5, 0.6) is 0 Å². The van der Waals surface area contributed by atoms with E-state index < -0.39 is 0 Å². The number of nitrogens with two attached hydrogens (primary N) is 1. The van der Waals surface area contributed by atoms with Gasteiger partial charge < -0.3 is 15.2 Å². The first-order chi connectivity index (χ1) is 8.19. The molecular formula is C13H21NO2S. The molecule has 1 aliphatic heterocycles. The summed E-state index contributed by atoms with van der Waals surface area (Å²) in [5, 5.41) is 2.10. The molecule has 0 aromatic carbocycles. The molecule has 2 heterocycles. The van der Waals surface area contributed by atoms with Gasteiger partial charge in [-0.2, -0.15) is 0 Å². The zero-order valence-electron chi connectivity index (χ0n) is 10.6. The van der Waals surface area contributed by atoms with Crippen LogP contribution < -0.4 is 5.73 Å². The lowest BCUT2D eigenvalue weighted by Gasteiger charge is -2.41. The van der Waals surface area contributed by atoms with Crippen molar-refractivity contribution in [3.8, 4) is 0 Å². The van der Waals surface area contributed by atoms with E-state index in [1.807, 2.05) is 6.92 Å². The Bertz CT molecular complexity index is 353. The Kier molecular flexibility index (Phi) is 4.20. The number of hydrogen-bond acceptors (Lipinski definition) is 4. The van der Waals surface area contributed by atoms with E-state index >= 15 is 0 Å². The zero-order chi connectivity index (χ0) is 12.3. The second-order valence-electron chi connectivity index (χ2n) is 4.56. The Morgan fingerprint density at radius 3 is 2.76 bits per heavy atom. The van der Waals surface area contributed by atoms with Crippen molar-refractivity contribution in [3.05, 3.63) is 21.9 Å². The normalized spacial score (nSPS) is 21.4. The van der Waals surface area contributed by atoms with Crippen molar-refractivity contribution in [2.75, 3.05) is 19.8 Å². The molecule has 1 aromatic rings. The number of aryl methyl sites for hydroxylation is 1. The van der Waals surface area contributed by atoms with Crippen LogP contribution in [0.4, 0.5) is 0 Å². The summed E-state index contributed by atoms with van der Waals surface area (Å²) in [4.78, 5) is 1.25. The van der Waals surface area contributed by atoms with Gasteiger partial charge in [0.25, 0.3) is 0 Å². The highest BCUT2D eigenvalue weighted by atomic mass is 32.1. The van der Waals surface area contributed by atoms with Crippen LogP contribution in [0, 0.1) is 6.92 Å². The van der Waals surface area contributed by atoms with E-state index in [1.54, 1.807) is 11.3 Å². The monoisotopic (exact) mass is 255 g/mol. The summed E-state index contributed by atoms with van der Waals surface area (Å²) < 4.78 is 11.4. The van der Waals surface area contributed by atoms with Crippen LogP contribution >= 0.6 is 11.3 Å². The topological polar surface area (TPSA) is 44.5 Å². The summed E-state index contributed by atoms with van der Waals surface area (Å²) in [6.07, 6.45) is 1.78. The van der Waals surface area contributed by atoms with E-state index in [0.29, 0.717) is 6.61 Å². The molecule has 1 unspecified atom stereocenters. The maximum atomic E-state index is 6.47. The van der Waals surface area contributed by atoms with Gasteiger partial charge in [0.05, 0.1) is 11.6 Å². The Morgan fingerprint density at radius 2 is 2.24 bits per heavy atom. The number of hydrogen-bond donors (Lipinski definition) is 1. The van der Waals surface area contributed by atoms with Crippen LogP contribution in [-0.2, 0) is 9.47 Å². The third-order valence-corrected chi connectivity index (χ3v) is 4.62. The lowest BCUT2D eigenvalue weighted by molar-refractivity contribution is -0.121. The highest BCUT2D eigenvalue weighted by Crippen LogP contribution is 2.39. The van der Waals surface area contributed by atoms with E-state index in [0.717, 1.165) is 26.1 Å². The molecule has 0 bridgehead atoms. The van der Waals surface area contributed by atoms with Crippen molar-refractivity contribution in [3.63, 3.8) is 0 Å². The fourth-order valence-corrected chi connectivity index (χ4v) is 3.53. The minimum atomic E-state index is -0.234. The highest BCUT2D eigenvalue weighted by Gasteiger charge is 2.41. The van der Waals surface area contributed by atoms with E-state index in [4.69, 9.17) is 15.2 Å². The second-order valence-corrected chi connectivity index (χ2v) is 5.50. The summed E-state index contributed by atoms with van der Waals surface area (Å²) in [7, 11) is 0. The van der Waals surface area contributed by atoms with Gasteiger partial charge in [0.1, 0.15) is 0 Å². The molecule has 1 atom stereocenters. The van der Waals surface area contributed by atoms with Crippen molar-refractivity contribution >= 4 is 11.3 Å². The van der Waals surface area contributed by atoms with Crippen LogP contribution in [0.2, 0.25) is 0 Å². The first kappa shape index (κ1) is 13.0. The molecule has 0 radical (unpaired) electrons. The Hall–Kier alpha value is -0.420. The van der Waals surface area contributed by atoms with Crippen LogP contribution in [-0.4, -0.2) is 25.4 Å². The quantitative estimate of drug-likeness (QED) is 0.899. The van der Waals surface area contributed by atoms with Gasteiger partial charge in [-0.1, -0.05) is 0 Å². The molecule has 1 aromatic heterocycles. The molecule has 96 valence electrons. The minimum absolute atomic E-state index is 0.0358. The summed E-state index contributed by atoms with van der Waals surface area (Å²) in [6, 6.07) is 2.09. The van der Waals surface area contributed by atoms with Gasteiger partial charge in [-0.05, 0) is 30.9 Å². The van der Waals surface area contributed by atoms with Crippen LogP contribution in [0.3, 0.4) is 0 Å². The van der Waals surface area contributed by atoms with Crippen LogP contribution in [0.25, 0.3) is 0 Å². The Balaban J connectivity index is 2.23. The fraction of sp³-hybridized carbons (Fsp3) is 0.692. The molecule has 1 aliphatic rings. The average Bonchev–Trinajstić information content (AvgIpc) is 2.76. The molecule has 3 nitrogen and oxygen atoms in total. The predicted octanol–water partition coefficient (Wildman–Crippen LogP) is 2.64. The maximum absolute atomic E-state index is 6.47. The second kappa shape index (κ2) is 5.48. The SMILES string of the molecule is CCOC1(C(N)c2sccc2C)CCOCC1. The van der Waals surface area contributed by atoms with Crippen molar-refractivity contribution in [2.45, 2.75) is 38.3 Å². The van der Waals surface area contributed by atoms with Gasteiger partial charge in [0.15, 0.2) is 0 Å². The van der Waals surface area contributed by atoms with E-state index in [-0.39, 0.29) is 11.6 Å². The summed E-state index contributed by atoms with van der Waals surface area (Å²) in [6.45, 7) is 6.35. The highest BCUT2D eigenvalue weighted by molar-refractivity contribution is 7.10. The molecule has 17 heavy (non-hydrogen) atoms.